The van der Waals surface area contributed by atoms with E-state index < -0.39 is 30.4 Å². The summed E-state index contributed by atoms with van der Waals surface area (Å²) in [5.41, 5.74) is 8.82. The van der Waals surface area contributed by atoms with Crippen molar-refractivity contribution < 1.29 is 19.7 Å². The van der Waals surface area contributed by atoms with Crippen molar-refractivity contribution in [2.45, 2.75) is 31.5 Å². The Bertz CT molecular complexity index is 809. The molecule has 0 aromatic carbocycles. The van der Waals surface area contributed by atoms with Crippen LogP contribution < -0.4 is 16.5 Å². The maximum absolute atomic E-state index is 12.0. The molecule has 0 saturated carbocycles. The first kappa shape index (κ1) is 17.0. The molecule has 3 rings (SSSR count). The molecular formula is C13H18N8O4. The first-order valence-electron chi connectivity index (χ1n) is 7.49. The minimum Gasteiger partial charge on any atom is -0.387 e. The largest absolute Gasteiger partial charge is 0.387 e. The Labute approximate surface area is 141 Å². The number of rotatable bonds is 5. The Morgan fingerprint density at radius 1 is 1.48 bits per heavy atom. The Hall–Kier alpha value is -2.83. The fourth-order valence-corrected chi connectivity index (χ4v) is 2.63. The van der Waals surface area contributed by atoms with E-state index in [4.69, 9.17) is 10.5 Å². The van der Waals surface area contributed by atoms with Crippen LogP contribution in [0.5, 0.6) is 0 Å². The van der Waals surface area contributed by atoms with Gasteiger partial charge >= 0.3 is 0 Å². The predicted molar refractivity (Wildman–Crippen MR) is 87.5 cm³/mol. The molecule has 2 aromatic rings. The lowest BCUT2D eigenvalue weighted by atomic mass is 10.1. The zero-order chi connectivity index (χ0) is 18.1. The summed E-state index contributed by atoms with van der Waals surface area (Å²) in [5.74, 6) is -0.355. The number of nitrogens with zero attached hydrogens (tertiary/aromatic N) is 5. The van der Waals surface area contributed by atoms with Gasteiger partial charge in [-0.1, -0.05) is 0 Å². The highest BCUT2D eigenvalue weighted by atomic mass is 16.6. The molecule has 1 aliphatic rings. The summed E-state index contributed by atoms with van der Waals surface area (Å²) in [4.78, 5) is 24.2. The van der Waals surface area contributed by atoms with Gasteiger partial charge in [-0.25, -0.2) is 10.4 Å². The number of amides is 1. The number of aliphatic hydroxyl groups excluding tert-OH is 2. The number of aliphatic hydroxyl groups is 2. The molecule has 2 aromatic heterocycles. The smallest absolute Gasteiger partial charge is 0.252 e. The number of hydrogen-bond donors (Lipinski definition) is 5. The number of aromatic nitrogens is 4. The quantitative estimate of drug-likeness (QED) is 0.308. The Balaban J connectivity index is 1.98. The Morgan fingerprint density at radius 3 is 2.92 bits per heavy atom. The molecule has 0 radical (unpaired) electrons. The van der Waals surface area contributed by atoms with Gasteiger partial charge in [0.15, 0.2) is 23.8 Å². The number of ether oxygens (including phenoxy) is 1. The number of imidazole rings is 1. The highest BCUT2D eigenvalue weighted by molar-refractivity contribution is 5.83. The van der Waals surface area contributed by atoms with Gasteiger partial charge < -0.3 is 26.0 Å². The fourth-order valence-electron chi connectivity index (χ4n) is 2.63. The van der Waals surface area contributed by atoms with Gasteiger partial charge in [-0.05, 0) is 6.92 Å². The molecule has 0 spiro atoms. The summed E-state index contributed by atoms with van der Waals surface area (Å²) in [6, 6.07) is 0. The number of hydrogen-bond acceptors (Lipinski definition) is 10. The molecule has 4 atom stereocenters. The third-order valence-corrected chi connectivity index (χ3v) is 3.75. The number of carbonyl (C=O) groups excluding carboxylic acids is 1. The van der Waals surface area contributed by atoms with Gasteiger partial charge in [0.2, 0.25) is 5.95 Å². The third kappa shape index (κ3) is 2.86. The summed E-state index contributed by atoms with van der Waals surface area (Å²) in [7, 11) is 0. The van der Waals surface area contributed by atoms with Gasteiger partial charge in [0, 0.05) is 13.3 Å². The third-order valence-electron chi connectivity index (χ3n) is 3.75. The van der Waals surface area contributed by atoms with Crippen molar-refractivity contribution in [2.24, 2.45) is 5.10 Å². The average Bonchev–Trinajstić information content (AvgIpc) is 3.11. The number of nitrogens with one attached hydrogen (secondary N) is 2. The van der Waals surface area contributed by atoms with Crippen LogP contribution in [0, 0.1) is 0 Å². The van der Waals surface area contributed by atoms with Gasteiger partial charge in [-0.3, -0.25) is 9.36 Å². The summed E-state index contributed by atoms with van der Waals surface area (Å²) in [6.07, 6.45) is -3.73. The lowest BCUT2D eigenvalue weighted by molar-refractivity contribution is -0.137. The van der Waals surface area contributed by atoms with Crippen molar-refractivity contribution in [3.63, 3.8) is 0 Å². The van der Waals surface area contributed by atoms with Gasteiger partial charge in [-0.15, -0.1) is 0 Å². The number of hydrazone groups is 1. The van der Waals surface area contributed by atoms with Gasteiger partial charge in [-0.2, -0.15) is 15.1 Å². The van der Waals surface area contributed by atoms with Crippen molar-refractivity contribution in [1.82, 2.24) is 24.8 Å². The molecular weight excluding hydrogens is 332 g/mol. The van der Waals surface area contributed by atoms with Crippen LogP contribution in [0.15, 0.2) is 11.4 Å². The van der Waals surface area contributed by atoms with Crippen LogP contribution in [0.25, 0.3) is 11.2 Å². The Morgan fingerprint density at radius 2 is 2.24 bits per heavy atom. The minimum absolute atomic E-state index is 0.0788. The molecule has 134 valence electrons. The highest BCUT2D eigenvalue weighted by Crippen LogP contribution is 2.32. The molecule has 0 aliphatic carbocycles. The van der Waals surface area contributed by atoms with Crippen LogP contribution in [-0.4, -0.2) is 67.2 Å². The van der Waals surface area contributed by atoms with Gasteiger partial charge in [0.25, 0.3) is 5.91 Å². The molecule has 0 bridgehead atoms. The maximum atomic E-state index is 12.0. The zero-order valence-corrected chi connectivity index (χ0v) is 13.3. The SMILES string of the molecule is C=NNc1nc(N)c2ncn([C@@H]3O[C@H](C(=O)NCC)[C@@H](O)[C@H]3O)c2n1. The standard InChI is InChI=1S/C13H18N8O4/c1-3-16-11(24)8-6(22)7(23)12(25-8)21-4-17-5-9(14)18-13(20-15-2)19-10(5)21/h4,6-8,12,22-23H,2-3H2,1H3,(H,16,24)(H3,14,18,19,20)/t6-,7+,8-,12+/m0/s1. The normalized spacial score (nSPS) is 25.9. The Kier molecular flexibility index (Phi) is 4.48. The lowest BCUT2D eigenvalue weighted by Crippen LogP contribution is -2.42. The molecule has 1 saturated heterocycles. The predicted octanol–water partition coefficient (Wildman–Crippen LogP) is -1.81. The van der Waals surface area contributed by atoms with Gasteiger partial charge in [0.1, 0.15) is 17.7 Å². The van der Waals surface area contributed by atoms with E-state index in [9.17, 15) is 15.0 Å². The molecule has 3 heterocycles. The van der Waals surface area contributed by atoms with Crippen molar-refractivity contribution in [1.29, 1.82) is 0 Å². The molecule has 12 nitrogen and oxygen atoms in total. The van der Waals surface area contributed by atoms with Crippen LogP contribution in [0.3, 0.4) is 0 Å². The number of likely N-dealkylation sites (N-methyl/N-ethyl adjacent to an activating group) is 1. The number of nitrogens with two attached hydrogens (primary N) is 1. The van der Waals surface area contributed by atoms with E-state index in [1.165, 1.54) is 10.9 Å². The zero-order valence-electron chi connectivity index (χ0n) is 13.3. The van der Waals surface area contributed by atoms with E-state index in [0.717, 1.165) is 0 Å². The van der Waals surface area contributed by atoms with Crippen molar-refractivity contribution in [3.05, 3.63) is 6.33 Å². The summed E-state index contributed by atoms with van der Waals surface area (Å²) < 4.78 is 6.92. The van der Waals surface area contributed by atoms with Crippen LogP contribution >= 0.6 is 0 Å². The van der Waals surface area contributed by atoms with Crippen LogP contribution in [0.1, 0.15) is 13.2 Å². The molecule has 1 fully saturated rings. The number of carbonyl (C=O) groups is 1. The van der Waals surface area contributed by atoms with Gasteiger partial charge in [0.05, 0.1) is 6.33 Å². The monoisotopic (exact) mass is 350 g/mol. The van der Waals surface area contributed by atoms with E-state index in [0.29, 0.717) is 6.54 Å². The van der Waals surface area contributed by atoms with Crippen LogP contribution in [0.2, 0.25) is 0 Å². The molecule has 1 amide bonds. The number of fused-ring (bicyclic) bond motifs is 1. The molecule has 0 unspecified atom stereocenters. The second-order valence-corrected chi connectivity index (χ2v) is 5.35. The molecule has 6 N–H and O–H groups in total. The van der Waals surface area contributed by atoms with Crippen molar-refractivity contribution in [3.8, 4) is 0 Å². The molecule has 12 heteroatoms. The maximum Gasteiger partial charge on any atom is 0.252 e. The van der Waals surface area contributed by atoms with Crippen molar-refractivity contribution >= 4 is 35.6 Å². The minimum atomic E-state index is -1.40. The second-order valence-electron chi connectivity index (χ2n) is 5.35. The fraction of sp³-hybridized carbons (Fsp3) is 0.462. The molecule has 1 aliphatic heterocycles. The van der Waals surface area contributed by atoms with E-state index in [1.807, 2.05) is 0 Å². The number of nitrogen functional groups attached to an aromatic ring is 1. The van der Waals surface area contributed by atoms with E-state index in [2.05, 4.69) is 37.5 Å². The van der Waals surface area contributed by atoms with E-state index >= 15 is 0 Å². The topological polar surface area (TPSA) is 173 Å². The van der Waals surface area contributed by atoms with E-state index in [1.54, 1.807) is 6.92 Å². The van der Waals surface area contributed by atoms with E-state index in [-0.39, 0.29) is 22.9 Å². The second kappa shape index (κ2) is 6.58. The average molecular weight is 350 g/mol. The van der Waals surface area contributed by atoms with Crippen LogP contribution in [0.4, 0.5) is 11.8 Å². The van der Waals surface area contributed by atoms with Crippen molar-refractivity contribution in [2.75, 3.05) is 17.7 Å². The summed E-state index contributed by atoms with van der Waals surface area (Å²) >= 11 is 0. The summed E-state index contributed by atoms with van der Waals surface area (Å²) in [6.45, 7) is 5.38. The first-order chi connectivity index (χ1) is 12.0. The lowest BCUT2D eigenvalue weighted by Gasteiger charge is -2.16. The highest BCUT2D eigenvalue weighted by Gasteiger charge is 2.47. The number of anilines is 2. The first-order valence-corrected chi connectivity index (χ1v) is 7.49. The summed E-state index contributed by atoms with van der Waals surface area (Å²) in [5, 5.41) is 26.4. The van der Waals surface area contributed by atoms with Crippen LogP contribution in [-0.2, 0) is 9.53 Å². The molecule has 25 heavy (non-hydrogen) atoms.